The molecule has 0 bridgehead atoms. The first kappa shape index (κ1) is 21.4. The van der Waals surface area contributed by atoms with Gasteiger partial charge in [-0.25, -0.2) is 8.42 Å². The van der Waals surface area contributed by atoms with Crippen LogP contribution >= 0.6 is 24.0 Å². The largest absolute Gasteiger partial charge is 0.337 e. The molecule has 1 N–H and O–H groups in total. The summed E-state index contributed by atoms with van der Waals surface area (Å²) >= 11 is 5.83. The Kier molecular flexibility index (Phi) is 7.33. The summed E-state index contributed by atoms with van der Waals surface area (Å²) in [6.45, 7) is 5.16. The number of hydrogen-bond acceptors (Lipinski definition) is 4. The molecule has 6 nitrogen and oxygen atoms in total. The van der Waals surface area contributed by atoms with Crippen molar-refractivity contribution in [1.82, 2.24) is 14.5 Å². The number of carbonyl (C=O) groups is 1. The minimum Gasteiger partial charge on any atom is -0.337 e. The van der Waals surface area contributed by atoms with Gasteiger partial charge in [-0.15, -0.1) is 12.4 Å². The Morgan fingerprint density at radius 1 is 1.15 bits per heavy atom. The van der Waals surface area contributed by atoms with Crippen LogP contribution in [-0.4, -0.2) is 62.3 Å². The number of sulfonamides is 1. The number of nitrogens with zero attached hydrogens (tertiary/aromatic N) is 2. The second kappa shape index (κ2) is 8.89. The van der Waals surface area contributed by atoms with E-state index < -0.39 is 10.0 Å². The third kappa shape index (κ3) is 4.51. The van der Waals surface area contributed by atoms with E-state index in [4.69, 9.17) is 11.6 Å². The molecule has 0 spiro atoms. The smallest absolute Gasteiger partial charge is 0.243 e. The molecule has 1 amide bonds. The summed E-state index contributed by atoms with van der Waals surface area (Å²) in [4.78, 5) is 14.9. The van der Waals surface area contributed by atoms with Gasteiger partial charge in [-0.05, 0) is 44.0 Å². The molecule has 0 aromatic heterocycles. The van der Waals surface area contributed by atoms with E-state index in [1.165, 1.54) is 16.4 Å². The molecule has 3 rings (SSSR count). The number of piperidine rings is 1. The van der Waals surface area contributed by atoms with Crippen molar-refractivity contribution in [2.24, 2.45) is 5.92 Å². The summed E-state index contributed by atoms with van der Waals surface area (Å²) < 4.78 is 26.9. The molecule has 0 aliphatic carbocycles. The highest BCUT2D eigenvalue weighted by Gasteiger charge is 2.35. The number of amides is 1. The van der Waals surface area contributed by atoms with E-state index in [9.17, 15) is 13.2 Å². The number of halogens is 2. The second-order valence-corrected chi connectivity index (χ2v) is 9.09. The molecule has 146 valence electrons. The van der Waals surface area contributed by atoms with E-state index in [-0.39, 0.29) is 35.2 Å². The van der Waals surface area contributed by atoms with Crippen LogP contribution in [0.25, 0.3) is 0 Å². The molecule has 1 aromatic rings. The zero-order valence-electron chi connectivity index (χ0n) is 14.7. The van der Waals surface area contributed by atoms with Crippen LogP contribution in [-0.2, 0) is 14.8 Å². The quantitative estimate of drug-likeness (QED) is 0.809. The van der Waals surface area contributed by atoms with Crippen LogP contribution in [0.1, 0.15) is 19.8 Å². The number of hydrogen-bond donors (Lipinski definition) is 1. The Bertz CT molecular complexity index is 719. The maximum atomic E-state index is 12.7. The van der Waals surface area contributed by atoms with Gasteiger partial charge in [0.15, 0.2) is 0 Å². The Balaban J connectivity index is 0.00000243. The molecule has 2 fully saturated rings. The van der Waals surface area contributed by atoms with Gasteiger partial charge in [0.2, 0.25) is 15.9 Å². The van der Waals surface area contributed by atoms with Crippen molar-refractivity contribution in [1.29, 1.82) is 0 Å². The van der Waals surface area contributed by atoms with Crippen molar-refractivity contribution >= 4 is 39.9 Å². The first-order valence-corrected chi connectivity index (χ1v) is 10.5. The fraction of sp³-hybridized carbons (Fsp3) is 0.588. The molecule has 1 atom stereocenters. The SMILES string of the molecule is C[C@@H]1CNCCN1C(=O)C1CCN(S(=O)(=O)c2ccc(Cl)cc2)CC1.Cl. The van der Waals surface area contributed by atoms with Crippen LogP contribution in [0.2, 0.25) is 5.02 Å². The predicted molar refractivity (Wildman–Crippen MR) is 104 cm³/mol. The molecule has 2 saturated heterocycles. The van der Waals surface area contributed by atoms with E-state index in [1.807, 2.05) is 11.8 Å². The van der Waals surface area contributed by atoms with Gasteiger partial charge < -0.3 is 10.2 Å². The number of benzene rings is 1. The highest BCUT2D eigenvalue weighted by molar-refractivity contribution is 7.89. The van der Waals surface area contributed by atoms with Crippen LogP contribution in [0.15, 0.2) is 29.2 Å². The fourth-order valence-corrected chi connectivity index (χ4v) is 5.10. The van der Waals surface area contributed by atoms with Crippen molar-refractivity contribution in [3.63, 3.8) is 0 Å². The van der Waals surface area contributed by atoms with Crippen molar-refractivity contribution in [2.75, 3.05) is 32.7 Å². The summed E-state index contributed by atoms with van der Waals surface area (Å²) in [5.41, 5.74) is 0. The molecular formula is C17H25Cl2N3O3S. The van der Waals surface area contributed by atoms with Crippen LogP contribution in [0.5, 0.6) is 0 Å². The van der Waals surface area contributed by atoms with E-state index in [1.54, 1.807) is 12.1 Å². The van der Waals surface area contributed by atoms with Gasteiger partial charge in [0, 0.05) is 49.7 Å². The Morgan fingerprint density at radius 2 is 1.77 bits per heavy atom. The minimum absolute atomic E-state index is 0. The standard InChI is InChI=1S/C17H24ClN3O3S.ClH/c1-13-12-19-8-11-21(13)17(22)14-6-9-20(10-7-14)25(23,24)16-4-2-15(18)3-5-16;/h2-5,13-14,19H,6-12H2,1H3;1H/t13-;/m1./s1. The third-order valence-corrected chi connectivity index (χ3v) is 7.20. The number of rotatable bonds is 3. The van der Waals surface area contributed by atoms with Gasteiger partial charge in [-0.1, -0.05) is 11.6 Å². The molecule has 2 heterocycles. The normalized spacial score (nSPS) is 22.7. The summed E-state index contributed by atoms with van der Waals surface area (Å²) in [6.07, 6.45) is 1.14. The summed E-state index contributed by atoms with van der Waals surface area (Å²) in [5.74, 6) is 0.0785. The van der Waals surface area contributed by atoms with Crippen molar-refractivity contribution < 1.29 is 13.2 Å². The average molecular weight is 422 g/mol. The molecule has 2 aliphatic rings. The van der Waals surface area contributed by atoms with Crippen LogP contribution in [0.3, 0.4) is 0 Å². The van der Waals surface area contributed by atoms with Crippen LogP contribution in [0.4, 0.5) is 0 Å². The zero-order valence-corrected chi connectivity index (χ0v) is 17.1. The maximum absolute atomic E-state index is 12.7. The lowest BCUT2D eigenvalue weighted by Gasteiger charge is -2.38. The van der Waals surface area contributed by atoms with Gasteiger partial charge in [-0.2, -0.15) is 4.31 Å². The van der Waals surface area contributed by atoms with Gasteiger partial charge in [0.05, 0.1) is 4.90 Å². The lowest BCUT2D eigenvalue weighted by Crippen LogP contribution is -2.55. The van der Waals surface area contributed by atoms with E-state index in [2.05, 4.69) is 5.32 Å². The molecule has 0 unspecified atom stereocenters. The topological polar surface area (TPSA) is 69.7 Å². The number of carbonyl (C=O) groups excluding carboxylic acids is 1. The molecule has 9 heteroatoms. The highest BCUT2D eigenvalue weighted by Crippen LogP contribution is 2.26. The summed E-state index contributed by atoms with van der Waals surface area (Å²) in [7, 11) is -3.52. The van der Waals surface area contributed by atoms with Gasteiger partial charge >= 0.3 is 0 Å². The zero-order chi connectivity index (χ0) is 18.0. The molecule has 26 heavy (non-hydrogen) atoms. The van der Waals surface area contributed by atoms with E-state index >= 15 is 0 Å². The van der Waals surface area contributed by atoms with Gasteiger partial charge in [-0.3, -0.25) is 4.79 Å². The summed E-state index contributed by atoms with van der Waals surface area (Å²) in [5, 5.41) is 3.79. The van der Waals surface area contributed by atoms with Crippen molar-refractivity contribution in [3.05, 3.63) is 29.3 Å². The maximum Gasteiger partial charge on any atom is 0.243 e. The monoisotopic (exact) mass is 421 g/mol. The molecule has 2 aliphatic heterocycles. The highest BCUT2D eigenvalue weighted by atomic mass is 35.5. The van der Waals surface area contributed by atoms with Crippen LogP contribution in [0, 0.1) is 5.92 Å². The fourth-order valence-electron chi connectivity index (χ4n) is 3.50. The minimum atomic E-state index is -3.52. The molecule has 0 saturated carbocycles. The first-order chi connectivity index (χ1) is 11.9. The average Bonchev–Trinajstić information content (AvgIpc) is 2.62. The molecular weight excluding hydrogens is 397 g/mol. The third-order valence-electron chi connectivity index (χ3n) is 5.04. The van der Waals surface area contributed by atoms with E-state index in [0.29, 0.717) is 31.0 Å². The Morgan fingerprint density at radius 3 is 2.35 bits per heavy atom. The van der Waals surface area contributed by atoms with Crippen molar-refractivity contribution in [3.8, 4) is 0 Å². The Hall–Kier alpha value is -0.860. The lowest BCUT2D eigenvalue weighted by atomic mass is 9.95. The van der Waals surface area contributed by atoms with E-state index in [0.717, 1.165) is 19.6 Å². The van der Waals surface area contributed by atoms with Gasteiger partial charge in [0.25, 0.3) is 0 Å². The summed E-state index contributed by atoms with van der Waals surface area (Å²) in [6, 6.07) is 6.40. The number of piperazine rings is 1. The van der Waals surface area contributed by atoms with Crippen LogP contribution < -0.4 is 5.32 Å². The predicted octanol–water partition coefficient (Wildman–Crippen LogP) is 1.98. The first-order valence-electron chi connectivity index (χ1n) is 8.66. The van der Waals surface area contributed by atoms with Crippen molar-refractivity contribution in [2.45, 2.75) is 30.7 Å². The lowest BCUT2D eigenvalue weighted by molar-refractivity contribution is -0.139. The van der Waals surface area contributed by atoms with Gasteiger partial charge in [0.1, 0.15) is 0 Å². The molecule has 0 radical (unpaired) electrons. The number of nitrogens with one attached hydrogen (secondary N) is 1. The second-order valence-electron chi connectivity index (χ2n) is 6.72. The Labute approximate surface area is 166 Å². The molecule has 1 aromatic carbocycles.